The van der Waals surface area contributed by atoms with Gasteiger partial charge in [-0.2, -0.15) is 5.10 Å². The zero-order valence-corrected chi connectivity index (χ0v) is 13.3. The number of nitrogens with one attached hydrogen (secondary N) is 1. The van der Waals surface area contributed by atoms with Gasteiger partial charge < -0.3 is 5.32 Å². The summed E-state index contributed by atoms with van der Waals surface area (Å²) in [6.45, 7) is 7.85. The fraction of sp³-hybridized carbons (Fsp3) is 0.769. The zero-order valence-electron chi connectivity index (χ0n) is 12.5. The number of hydrogen-bond donors (Lipinski definition) is 1. The molecule has 0 radical (unpaired) electrons. The van der Waals surface area contributed by atoms with Crippen LogP contribution in [0.4, 0.5) is 0 Å². The molecule has 1 rings (SSSR count). The van der Waals surface area contributed by atoms with Gasteiger partial charge in [0.2, 0.25) is 0 Å². The third-order valence-corrected chi connectivity index (χ3v) is 3.83. The van der Waals surface area contributed by atoms with Gasteiger partial charge in [-0.15, -0.1) is 0 Å². The predicted octanol–water partition coefficient (Wildman–Crippen LogP) is 1.24. The first-order chi connectivity index (χ1) is 8.59. The van der Waals surface area contributed by atoms with Crippen LogP contribution in [0, 0.1) is 0 Å². The highest BCUT2D eigenvalue weighted by atomic mass is 32.2. The van der Waals surface area contributed by atoms with Crippen molar-refractivity contribution < 1.29 is 8.42 Å². The second kappa shape index (κ2) is 6.05. The second-order valence-corrected chi connectivity index (χ2v) is 8.35. The van der Waals surface area contributed by atoms with Crippen LogP contribution in [0.3, 0.4) is 0 Å². The summed E-state index contributed by atoms with van der Waals surface area (Å²) in [5.41, 5.74) is 2.28. The summed E-state index contributed by atoms with van der Waals surface area (Å²) < 4.78 is 23.9. The van der Waals surface area contributed by atoms with Crippen LogP contribution in [-0.4, -0.2) is 36.8 Å². The van der Waals surface area contributed by atoms with E-state index in [1.165, 1.54) is 11.8 Å². The van der Waals surface area contributed by atoms with Crippen molar-refractivity contribution in [3.05, 3.63) is 17.5 Å². The molecular weight excluding hydrogens is 262 g/mol. The molecule has 0 aliphatic carbocycles. The molecule has 19 heavy (non-hydrogen) atoms. The molecule has 0 saturated heterocycles. The van der Waals surface area contributed by atoms with Gasteiger partial charge in [0, 0.05) is 37.0 Å². The first-order valence-corrected chi connectivity index (χ1v) is 8.57. The Morgan fingerprint density at radius 2 is 2.00 bits per heavy atom. The van der Waals surface area contributed by atoms with Crippen molar-refractivity contribution in [3.8, 4) is 0 Å². The molecule has 0 fully saturated rings. The summed E-state index contributed by atoms with van der Waals surface area (Å²) in [5, 5.41) is 7.78. The van der Waals surface area contributed by atoms with E-state index in [-0.39, 0.29) is 11.2 Å². The normalized spacial score (nSPS) is 12.9. The highest BCUT2D eigenvalue weighted by Gasteiger charge is 2.21. The maximum Gasteiger partial charge on any atom is 0.147 e. The standard InChI is InChI=1S/C13H25N3O2S/c1-13(2,3)12-11(10-16(4)15-12)9-14-7-6-8-19(5,17)18/h10,14H,6-9H2,1-5H3. The smallest absolute Gasteiger partial charge is 0.147 e. The summed E-state index contributed by atoms with van der Waals surface area (Å²) in [6.07, 6.45) is 3.93. The van der Waals surface area contributed by atoms with E-state index in [4.69, 9.17) is 0 Å². The number of sulfone groups is 1. The van der Waals surface area contributed by atoms with Crippen molar-refractivity contribution in [1.29, 1.82) is 0 Å². The molecule has 0 spiro atoms. The van der Waals surface area contributed by atoms with Crippen LogP contribution in [0.25, 0.3) is 0 Å². The van der Waals surface area contributed by atoms with Gasteiger partial charge in [-0.3, -0.25) is 4.68 Å². The monoisotopic (exact) mass is 287 g/mol. The third kappa shape index (κ3) is 5.74. The van der Waals surface area contributed by atoms with E-state index < -0.39 is 9.84 Å². The minimum atomic E-state index is -2.85. The number of aryl methyl sites for hydroxylation is 1. The summed E-state index contributed by atoms with van der Waals surface area (Å²) in [6, 6.07) is 0. The summed E-state index contributed by atoms with van der Waals surface area (Å²) >= 11 is 0. The summed E-state index contributed by atoms with van der Waals surface area (Å²) in [5.74, 6) is 0.235. The average molecular weight is 287 g/mol. The summed E-state index contributed by atoms with van der Waals surface area (Å²) in [7, 11) is -0.934. The van der Waals surface area contributed by atoms with Crippen LogP contribution in [0.1, 0.15) is 38.4 Å². The van der Waals surface area contributed by atoms with Crippen LogP contribution < -0.4 is 5.32 Å². The fourth-order valence-corrected chi connectivity index (χ4v) is 2.65. The number of nitrogens with zero attached hydrogens (tertiary/aromatic N) is 2. The van der Waals surface area contributed by atoms with E-state index in [0.29, 0.717) is 13.0 Å². The minimum absolute atomic E-state index is 0.0189. The quantitative estimate of drug-likeness (QED) is 0.800. The topological polar surface area (TPSA) is 64.0 Å². The Bertz CT molecular complexity index is 512. The van der Waals surface area contributed by atoms with Crippen LogP contribution in [-0.2, 0) is 28.8 Å². The first kappa shape index (κ1) is 16.2. The molecule has 110 valence electrons. The van der Waals surface area contributed by atoms with Gasteiger partial charge in [0.1, 0.15) is 9.84 Å². The van der Waals surface area contributed by atoms with Crippen molar-refractivity contribution in [2.75, 3.05) is 18.6 Å². The molecular formula is C13H25N3O2S. The lowest BCUT2D eigenvalue weighted by Crippen LogP contribution is -2.21. The first-order valence-electron chi connectivity index (χ1n) is 6.51. The molecule has 0 aliphatic heterocycles. The summed E-state index contributed by atoms with van der Waals surface area (Å²) in [4.78, 5) is 0. The van der Waals surface area contributed by atoms with E-state index in [0.717, 1.165) is 12.2 Å². The van der Waals surface area contributed by atoms with Crippen molar-refractivity contribution >= 4 is 9.84 Å². The molecule has 6 heteroatoms. The Morgan fingerprint density at radius 1 is 1.37 bits per heavy atom. The van der Waals surface area contributed by atoms with Gasteiger partial charge >= 0.3 is 0 Å². The van der Waals surface area contributed by atoms with E-state index in [2.05, 4.69) is 31.2 Å². The molecule has 5 nitrogen and oxygen atoms in total. The Labute approximate surface area is 116 Å². The SMILES string of the molecule is Cn1cc(CNCCCS(C)(=O)=O)c(C(C)(C)C)n1. The lowest BCUT2D eigenvalue weighted by Gasteiger charge is -2.17. The van der Waals surface area contributed by atoms with Crippen molar-refractivity contribution in [2.45, 2.75) is 39.2 Å². The molecule has 0 aromatic carbocycles. The Morgan fingerprint density at radius 3 is 2.53 bits per heavy atom. The second-order valence-electron chi connectivity index (χ2n) is 6.09. The number of rotatable bonds is 6. The molecule has 1 aromatic rings. The molecule has 0 bridgehead atoms. The van der Waals surface area contributed by atoms with Crippen molar-refractivity contribution in [2.24, 2.45) is 7.05 Å². The minimum Gasteiger partial charge on any atom is -0.313 e. The van der Waals surface area contributed by atoms with Gasteiger partial charge in [0.15, 0.2) is 0 Å². The number of hydrogen-bond acceptors (Lipinski definition) is 4. The van der Waals surface area contributed by atoms with E-state index in [1.807, 2.05) is 17.9 Å². The average Bonchev–Trinajstić information content (AvgIpc) is 2.57. The molecule has 1 heterocycles. The van der Waals surface area contributed by atoms with E-state index in [9.17, 15) is 8.42 Å². The highest BCUT2D eigenvalue weighted by Crippen LogP contribution is 2.23. The largest absolute Gasteiger partial charge is 0.313 e. The van der Waals surface area contributed by atoms with Gasteiger partial charge in [-0.05, 0) is 13.0 Å². The Hall–Kier alpha value is -0.880. The van der Waals surface area contributed by atoms with Crippen molar-refractivity contribution in [1.82, 2.24) is 15.1 Å². The molecule has 0 amide bonds. The molecule has 0 unspecified atom stereocenters. The third-order valence-electron chi connectivity index (χ3n) is 2.80. The lowest BCUT2D eigenvalue weighted by molar-refractivity contribution is 0.543. The van der Waals surface area contributed by atoms with Crippen molar-refractivity contribution in [3.63, 3.8) is 0 Å². The van der Waals surface area contributed by atoms with Crippen LogP contribution in [0.2, 0.25) is 0 Å². The predicted molar refractivity (Wildman–Crippen MR) is 77.9 cm³/mol. The molecule has 0 atom stereocenters. The molecule has 1 N–H and O–H groups in total. The Kier molecular flexibility index (Phi) is 5.15. The number of aromatic nitrogens is 2. The van der Waals surface area contributed by atoms with Crippen LogP contribution in [0.15, 0.2) is 6.20 Å². The highest BCUT2D eigenvalue weighted by molar-refractivity contribution is 7.90. The lowest BCUT2D eigenvalue weighted by atomic mass is 9.89. The molecule has 0 aliphatic rings. The van der Waals surface area contributed by atoms with Gasteiger partial charge in [0.05, 0.1) is 11.4 Å². The van der Waals surface area contributed by atoms with Gasteiger partial charge in [-0.25, -0.2) is 8.42 Å². The van der Waals surface area contributed by atoms with E-state index >= 15 is 0 Å². The fourth-order valence-electron chi connectivity index (χ4n) is 1.98. The zero-order chi connectivity index (χ0) is 14.7. The van der Waals surface area contributed by atoms with E-state index in [1.54, 1.807) is 0 Å². The van der Waals surface area contributed by atoms with Gasteiger partial charge in [0.25, 0.3) is 0 Å². The maximum atomic E-state index is 11.0. The molecule has 0 saturated carbocycles. The Balaban J connectivity index is 2.50. The van der Waals surface area contributed by atoms with Crippen LogP contribution >= 0.6 is 0 Å². The maximum absolute atomic E-state index is 11.0. The van der Waals surface area contributed by atoms with Gasteiger partial charge in [-0.1, -0.05) is 20.8 Å². The molecule has 1 aromatic heterocycles. The van der Waals surface area contributed by atoms with Crippen LogP contribution in [0.5, 0.6) is 0 Å².